The molecule has 19 heavy (non-hydrogen) atoms. The lowest BCUT2D eigenvalue weighted by molar-refractivity contribution is 0.0947. The van der Waals surface area contributed by atoms with Gasteiger partial charge in [0, 0.05) is 18.1 Å². The minimum absolute atomic E-state index is 0.155. The van der Waals surface area contributed by atoms with Crippen LogP contribution in [-0.2, 0) is 0 Å². The summed E-state index contributed by atoms with van der Waals surface area (Å²) in [5.41, 5.74) is 2.17. The van der Waals surface area contributed by atoms with E-state index in [1.54, 1.807) is 13.2 Å². The van der Waals surface area contributed by atoms with E-state index >= 15 is 0 Å². The van der Waals surface area contributed by atoms with Gasteiger partial charge in [0.1, 0.15) is 5.75 Å². The number of rotatable bonds is 5. The van der Waals surface area contributed by atoms with Gasteiger partial charge in [0.2, 0.25) is 0 Å². The van der Waals surface area contributed by atoms with Crippen LogP contribution in [0.5, 0.6) is 5.75 Å². The lowest BCUT2D eigenvalue weighted by Gasteiger charge is -2.16. The average Bonchev–Trinajstić information content (AvgIpc) is 2.34. The molecule has 1 rings (SSSR count). The minimum Gasteiger partial charge on any atom is -0.496 e. The van der Waals surface area contributed by atoms with E-state index in [4.69, 9.17) is 16.3 Å². The third kappa shape index (κ3) is 3.85. The predicted octanol–water partition coefficient (Wildman–Crippen LogP) is 2.26. The highest BCUT2D eigenvalue weighted by Gasteiger charge is 2.18. The topological polar surface area (TPSA) is 41.6 Å². The molecule has 4 nitrogen and oxygen atoms in total. The fraction of sp³-hybridized carbons (Fsp3) is 0.500. The Balaban J connectivity index is 2.98. The molecule has 0 fully saturated rings. The van der Waals surface area contributed by atoms with Crippen LogP contribution in [0.15, 0.2) is 6.07 Å². The van der Waals surface area contributed by atoms with Crippen LogP contribution >= 0.6 is 11.6 Å². The molecule has 1 aromatic rings. The van der Waals surface area contributed by atoms with Gasteiger partial charge in [-0.3, -0.25) is 4.79 Å². The zero-order valence-corrected chi connectivity index (χ0v) is 12.9. The highest BCUT2D eigenvalue weighted by atomic mass is 35.5. The maximum absolute atomic E-state index is 12.2. The van der Waals surface area contributed by atoms with Crippen LogP contribution in [0, 0.1) is 13.8 Å². The van der Waals surface area contributed by atoms with Crippen LogP contribution in [0.1, 0.15) is 21.5 Å². The SMILES string of the molecule is COc1cc(C)c(Cl)c(C)c1C(=O)NCCN(C)C. The molecule has 0 aliphatic rings. The van der Waals surface area contributed by atoms with Crippen molar-refractivity contribution in [3.8, 4) is 5.75 Å². The molecule has 0 saturated heterocycles. The van der Waals surface area contributed by atoms with Crippen molar-refractivity contribution in [2.45, 2.75) is 13.8 Å². The standard InChI is InChI=1S/C14H21ClN2O2/c1-9-8-11(19-5)12(10(2)13(9)15)14(18)16-6-7-17(3)4/h8H,6-7H2,1-5H3,(H,16,18). The second-order valence-electron chi connectivity index (χ2n) is 4.77. The Morgan fingerprint density at radius 1 is 1.42 bits per heavy atom. The Hall–Kier alpha value is -1.26. The quantitative estimate of drug-likeness (QED) is 0.902. The Morgan fingerprint density at radius 3 is 2.58 bits per heavy atom. The van der Waals surface area contributed by atoms with Crippen molar-refractivity contribution in [2.24, 2.45) is 0 Å². The summed E-state index contributed by atoms with van der Waals surface area (Å²) in [6.45, 7) is 5.09. The summed E-state index contributed by atoms with van der Waals surface area (Å²) >= 11 is 6.20. The maximum atomic E-state index is 12.2. The van der Waals surface area contributed by atoms with Crippen LogP contribution in [0.4, 0.5) is 0 Å². The van der Waals surface area contributed by atoms with E-state index in [0.29, 0.717) is 22.9 Å². The van der Waals surface area contributed by atoms with Gasteiger partial charge in [-0.25, -0.2) is 0 Å². The van der Waals surface area contributed by atoms with Crippen molar-refractivity contribution in [1.82, 2.24) is 10.2 Å². The first-order chi connectivity index (χ1) is 8.88. The van der Waals surface area contributed by atoms with Crippen molar-refractivity contribution in [1.29, 1.82) is 0 Å². The maximum Gasteiger partial charge on any atom is 0.255 e. The number of benzene rings is 1. The van der Waals surface area contributed by atoms with Gasteiger partial charge in [-0.2, -0.15) is 0 Å². The molecule has 0 atom stereocenters. The number of carbonyl (C=O) groups is 1. The van der Waals surface area contributed by atoms with Gasteiger partial charge in [-0.1, -0.05) is 11.6 Å². The number of amides is 1. The first kappa shape index (κ1) is 15.8. The molecule has 1 N–H and O–H groups in total. The molecule has 0 aliphatic carbocycles. The van der Waals surface area contributed by atoms with Gasteiger partial charge in [-0.15, -0.1) is 0 Å². The smallest absolute Gasteiger partial charge is 0.255 e. The van der Waals surface area contributed by atoms with Crippen molar-refractivity contribution >= 4 is 17.5 Å². The molecule has 0 unspecified atom stereocenters. The number of aryl methyl sites for hydroxylation is 1. The first-order valence-corrected chi connectivity index (χ1v) is 6.53. The van der Waals surface area contributed by atoms with Crippen LogP contribution in [0.3, 0.4) is 0 Å². The molecule has 0 spiro atoms. The largest absolute Gasteiger partial charge is 0.496 e. The van der Waals surface area contributed by atoms with E-state index in [-0.39, 0.29) is 5.91 Å². The van der Waals surface area contributed by atoms with E-state index in [2.05, 4.69) is 5.32 Å². The number of hydrogen-bond donors (Lipinski definition) is 1. The van der Waals surface area contributed by atoms with Crippen LogP contribution < -0.4 is 10.1 Å². The molecule has 0 saturated carbocycles. The Labute approximate surface area is 119 Å². The van der Waals surface area contributed by atoms with Gasteiger partial charge >= 0.3 is 0 Å². The monoisotopic (exact) mass is 284 g/mol. The van der Waals surface area contributed by atoms with E-state index in [1.807, 2.05) is 32.8 Å². The van der Waals surface area contributed by atoms with E-state index in [0.717, 1.165) is 17.7 Å². The number of carbonyl (C=O) groups excluding carboxylic acids is 1. The molecule has 1 amide bonds. The summed E-state index contributed by atoms with van der Waals surface area (Å²) in [7, 11) is 5.47. The van der Waals surface area contributed by atoms with E-state index in [9.17, 15) is 4.79 Å². The lowest BCUT2D eigenvalue weighted by Crippen LogP contribution is -2.32. The van der Waals surface area contributed by atoms with Crippen molar-refractivity contribution < 1.29 is 9.53 Å². The molecule has 1 aromatic carbocycles. The lowest BCUT2D eigenvalue weighted by atomic mass is 10.0. The van der Waals surface area contributed by atoms with Crippen LogP contribution in [0.2, 0.25) is 5.02 Å². The fourth-order valence-electron chi connectivity index (χ4n) is 1.85. The number of nitrogens with zero attached hydrogens (tertiary/aromatic N) is 1. The number of methoxy groups -OCH3 is 1. The molecule has 0 heterocycles. The molecule has 0 radical (unpaired) electrons. The summed E-state index contributed by atoms with van der Waals surface area (Å²) in [6.07, 6.45) is 0. The number of halogens is 1. The summed E-state index contributed by atoms with van der Waals surface area (Å²) in [6, 6.07) is 1.79. The third-order valence-electron chi connectivity index (χ3n) is 2.94. The molecule has 5 heteroatoms. The first-order valence-electron chi connectivity index (χ1n) is 6.15. The molecule has 0 aliphatic heterocycles. The number of hydrogen-bond acceptors (Lipinski definition) is 3. The number of ether oxygens (including phenoxy) is 1. The second kappa shape index (κ2) is 6.78. The molecular formula is C14H21ClN2O2. The Kier molecular flexibility index (Phi) is 5.63. The van der Waals surface area contributed by atoms with Crippen LogP contribution in [0.25, 0.3) is 0 Å². The summed E-state index contributed by atoms with van der Waals surface area (Å²) in [5, 5.41) is 3.48. The van der Waals surface area contributed by atoms with Gasteiger partial charge in [0.15, 0.2) is 0 Å². The third-order valence-corrected chi connectivity index (χ3v) is 3.52. The highest BCUT2D eigenvalue weighted by molar-refractivity contribution is 6.32. The van der Waals surface area contributed by atoms with Crippen LogP contribution in [-0.4, -0.2) is 45.1 Å². The van der Waals surface area contributed by atoms with Gasteiger partial charge < -0.3 is 15.0 Å². The fourth-order valence-corrected chi connectivity index (χ4v) is 2.00. The zero-order chi connectivity index (χ0) is 14.6. The normalized spacial score (nSPS) is 10.7. The zero-order valence-electron chi connectivity index (χ0n) is 12.1. The minimum atomic E-state index is -0.155. The van der Waals surface area contributed by atoms with Crippen molar-refractivity contribution in [3.63, 3.8) is 0 Å². The molecule has 0 aromatic heterocycles. The van der Waals surface area contributed by atoms with Gasteiger partial charge in [0.25, 0.3) is 5.91 Å². The van der Waals surface area contributed by atoms with Crippen molar-refractivity contribution in [2.75, 3.05) is 34.3 Å². The molecule has 0 bridgehead atoms. The van der Waals surface area contributed by atoms with Crippen molar-refractivity contribution in [3.05, 3.63) is 27.8 Å². The Bertz CT molecular complexity index is 473. The number of likely N-dealkylation sites (N-methyl/N-ethyl adjacent to an activating group) is 1. The number of nitrogens with one attached hydrogen (secondary N) is 1. The average molecular weight is 285 g/mol. The predicted molar refractivity (Wildman–Crippen MR) is 78.4 cm³/mol. The Morgan fingerprint density at radius 2 is 2.05 bits per heavy atom. The summed E-state index contributed by atoms with van der Waals surface area (Å²) in [4.78, 5) is 14.2. The molecular weight excluding hydrogens is 264 g/mol. The van der Waals surface area contributed by atoms with E-state index < -0.39 is 0 Å². The summed E-state index contributed by atoms with van der Waals surface area (Å²) < 4.78 is 5.28. The second-order valence-corrected chi connectivity index (χ2v) is 5.15. The van der Waals surface area contributed by atoms with Gasteiger partial charge in [0.05, 0.1) is 12.7 Å². The molecule has 106 valence electrons. The van der Waals surface area contributed by atoms with Gasteiger partial charge in [-0.05, 0) is 45.1 Å². The summed E-state index contributed by atoms with van der Waals surface area (Å²) in [5.74, 6) is 0.403. The highest BCUT2D eigenvalue weighted by Crippen LogP contribution is 2.31. The van der Waals surface area contributed by atoms with E-state index in [1.165, 1.54) is 0 Å².